The molecule has 158 valence electrons. The van der Waals surface area contributed by atoms with Crippen LogP contribution in [0.25, 0.3) is 0 Å². The molecule has 6 nitrogen and oxygen atoms in total. The lowest BCUT2D eigenvalue weighted by molar-refractivity contribution is -0.151. The predicted molar refractivity (Wildman–Crippen MR) is 119 cm³/mol. The first-order chi connectivity index (χ1) is 14.3. The predicted octanol–water partition coefficient (Wildman–Crippen LogP) is 4.16. The van der Waals surface area contributed by atoms with Crippen LogP contribution in [0.1, 0.15) is 30.0 Å². The molecule has 7 heteroatoms. The molecule has 2 amide bonds. The zero-order chi connectivity index (χ0) is 21.8. The number of anilines is 2. The molecule has 0 spiro atoms. The fourth-order valence-corrected chi connectivity index (χ4v) is 3.96. The van der Waals surface area contributed by atoms with E-state index in [2.05, 4.69) is 21.2 Å². The Bertz CT molecular complexity index is 989. The summed E-state index contributed by atoms with van der Waals surface area (Å²) in [7, 11) is 0. The Morgan fingerprint density at radius 3 is 2.63 bits per heavy atom. The van der Waals surface area contributed by atoms with Crippen LogP contribution >= 0.6 is 15.9 Å². The van der Waals surface area contributed by atoms with E-state index >= 15 is 0 Å². The van der Waals surface area contributed by atoms with Crippen LogP contribution in [0.5, 0.6) is 0 Å². The van der Waals surface area contributed by atoms with E-state index in [0.717, 1.165) is 33.3 Å². The largest absolute Gasteiger partial charge is 0.455 e. The Hall–Kier alpha value is -2.67. The molecule has 1 aliphatic heterocycles. The van der Waals surface area contributed by atoms with Gasteiger partial charge in [-0.25, -0.2) is 0 Å². The summed E-state index contributed by atoms with van der Waals surface area (Å²) in [6, 6.07) is 11.3. The normalized spacial score (nSPS) is 15.9. The summed E-state index contributed by atoms with van der Waals surface area (Å²) < 4.78 is 6.17. The molecule has 1 fully saturated rings. The Labute approximate surface area is 184 Å². The molecule has 2 aromatic carbocycles. The molecule has 0 saturated carbocycles. The van der Waals surface area contributed by atoms with Crippen molar-refractivity contribution in [2.24, 2.45) is 5.92 Å². The number of hydrogen-bond acceptors (Lipinski definition) is 4. The third kappa shape index (κ3) is 4.73. The molecule has 0 aromatic heterocycles. The van der Waals surface area contributed by atoms with Crippen LogP contribution in [-0.4, -0.2) is 30.9 Å². The van der Waals surface area contributed by atoms with Gasteiger partial charge in [0.1, 0.15) is 0 Å². The van der Waals surface area contributed by atoms with Crippen molar-refractivity contribution >= 4 is 45.1 Å². The number of nitrogens with zero attached hydrogens (tertiary/aromatic N) is 1. The van der Waals surface area contributed by atoms with Gasteiger partial charge < -0.3 is 15.0 Å². The van der Waals surface area contributed by atoms with E-state index in [0.29, 0.717) is 5.69 Å². The van der Waals surface area contributed by atoms with Gasteiger partial charge in [0, 0.05) is 28.8 Å². The van der Waals surface area contributed by atoms with Crippen molar-refractivity contribution in [1.29, 1.82) is 0 Å². The summed E-state index contributed by atoms with van der Waals surface area (Å²) in [5.41, 5.74) is 4.53. The van der Waals surface area contributed by atoms with E-state index in [4.69, 9.17) is 4.74 Å². The SMILES string of the molecule is CCc1ccccc1N1C[C@@H](C(=O)OCC(=O)Nc2ccc(Br)c(C)c2C)CC1=O. The van der Waals surface area contributed by atoms with Crippen molar-refractivity contribution in [1.82, 2.24) is 0 Å². The first-order valence-corrected chi connectivity index (χ1v) is 10.7. The van der Waals surface area contributed by atoms with Gasteiger partial charge in [-0.15, -0.1) is 0 Å². The van der Waals surface area contributed by atoms with Crippen LogP contribution in [-0.2, 0) is 25.5 Å². The summed E-state index contributed by atoms with van der Waals surface area (Å²) in [6.07, 6.45) is 0.883. The fraction of sp³-hybridized carbons (Fsp3) is 0.348. The topological polar surface area (TPSA) is 75.7 Å². The Morgan fingerprint density at radius 1 is 1.17 bits per heavy atom. The minimum Gasteiger partial charge on any atom is -0.455 e. The summed E-state index contributed by atoms with van der Waals surface area (Å²) >= 11 is 3.46. The molecule has 0 unspecified atom stereocenters. The van der Waals surface area contributed by atoms with E-state index in [1.807, 2.05) is 51.1 Å². The summed E-state index contributed by atoms with van der Waals surface area (Å²) in [4.78, 5) is 38.8. The van der Waals surface area contributed by atoms with E-state index in [1.54, 1.807) is 11.0 Å². The quantitative estimate of drug-likeness (QED) is 0.640. The number of carbonyl (C=O) groups is 3. The van der Waals surface area contributed by atoms with Crippen molar-refractivity contribution in [3.05, 3.63) is 57.6 Å². The van der Waals surface area contributed by atoms with Crippen LogP contribution in [0, 0.1) is 19.8 Å². The van der Waals surface area contributed by atoms with Gasteiger partial charge in [0.2, 0.25) is 5.91 Å². The van der Waals surface area contributed by atoms with E-state index in [9.17, 15) is 14.4 Å². The number of aryl methyl sites for hydroxylation is 1. The van der Waals surface area contributed by atoms with Crippen LogP contribution < -0.4 is 10.2 Å². The van der Waals surface area contributed by atoms with Crippen LogP contribution in [0.15, 0.2) is 40.9 Å². The Morgan fingerprint density at radius 2 is 1.90 bits per heavy atom. The van der Waals surface area contributed by atoms with E-state index in [1.165, 1.54) is 0 Å². The van der Waals surface area contributed by atoms with Crippen molar-refractivity contribution in [2.75, 3.05) is 23.4 Å². The second-order valence-corrected chi connectivity index (χ2v) is 8.24. The highest BCUT2D eigenvalue weighted by molar-refractivity contribution is 9.10. The molecular weight excluding hydrogens is 448 g/mol. The highest BCUT2D eigenvalue weighted by Crippen LogP contribution is 2.29. The van der Waals surface area contributed by atoms with Gasteiger partial charge in [0.15, 0.2) is 6.61 Å². The first-order valence-electron chi connectivity index (χ1n) is 9.92. The molecule has 3 rings (SSSR count). The summed E-state index contributed by atoms with van der Waals surface area (Å²) in [5, 5.41) is 2.77. The number of esters is 1. The molecular formula is C23H25BrN2O4. The van der Waals surface area contributed by atoms with Gasteiger partial charge in [-0.3, -0.25) is 14.4 Å². The van der Waals surface area contributed by atoms with Crippen molar-refractivity contribution in [2.45, 2.75) is 33.6 Å². The monoisotopic (exact) mass is 472 g/mol. The lowest BCUT2D eigenvalue weighted by Crippen LogP contribution is -2.28. The van der Waals surface area contributed by atoms with Gasteiger partial charge in [-0.1, -0.05) is 41.1 Å². The molecule has 0 aliphatic carbocycles. The Balaban J connectivity index is 1.57. The molecule has 1 aliphatic rings. The van der Waals surface area contributed by atoms with Gasteiger partial charge in [-0.05, 0) is 55.2 Å². The maximum atomic E-state index is 12.5. The highest BCUT2D eigenvalue weighted by Gasteiger charge is 2.37. The summed E-state index contributed by atoms with van der Waals surface area (Å²) in [5.74, 6) is -1.63. The Kier molecular flexibility index (Phi) is 6.92. The fourth-order valence-electron chi connectivity index (χ4n) is 3.54. The maximum absolute atomic E-state index is 12.5. The van der Waals surface area contributed by atoms with Crippen molar-refractivity contribution in [3.63, 3.8) is 0 Å². The summed E-state index contributed by atoms with van der Waals surface area (Å²) in [6.45, 7) is 5.77. The lowest BCUT2D eigenvalue weighted by Gasteiger charge is -2.19. The molecule has 1 atom stereocenters. The molecule has 0 radical (unpaired) electrons. The van der Waals surface area contributed by atoms with Crippen LogP contribution in [0.2, 0.25) is 0 Å². The second-order valence-electron chi connectivity index (χ2n) is 7.39. The highest BCUT2D eigenvalue weighted by atomic mass is 79.9. The van der Waals surface area contributed by atoms with E-state index in [-0.39, 0.29) is 25.5 Å². The number of benzene rings is 2. The standard InChI is InChI=1S/C23H25BrN2O4/c1-4-16-7-5-6-8-20(16)26-12-17(11-22(26)28)23(29)30-13-21(27)25-19-10-9-18(24)14(2)15(19)3/h5-10,17H,4,11-13H2,1-3H3,(H,25,27)/t17-/m0/s1. The number of ether oxygens (including phenoxy) is 1. The number of carbonyl (C=O) groups excluding carboxylic acids is 3. The average Bonchev–Trinajstić information content (AvgIpc) is 3.14. The molecule has 1 saturated heterocycles. The number of para-hydroxylation sites is 1. The molecule has 1 heterocycles. The average molecular weight is 473 g/mol. The van der Waals surface area contributed by atoms with Gasteiger partial charge in [0.25, 0.3) is 5.91 Å². The maximum Gasteiger partial charge on any atom is 0.311 e. The van der Waals surface area contributed by atoms with Gasteiger partial charge in [0.05, 0.1) is 5.92 Å². The molecule has 2 aromatic rings. The second kappa shape index (κ2) is 9.43. The van der Waals surface area contributed by atoms with Gasteiger partial charge in [-0.2, -0.15) is 0 Å². The minimum absolute atomic E-state index is 0.0868. The minimum atomic E-state index is -0.577. The molecule has 30 heavy (non-hydrogen) atoms. The lowest BCUT2D eigenvalue weighted by atomic mass is 10.1. The van der Waals surface area contributed by atoms with Crippen LogP contribution in [0.3, 0.4) is 0 Å². The molecule has 1 N–H and O–H groups in total. The number of amides is 2. The number of halogens is 1. The van der Waals surface area contributed by atoms with Crippen LogP contribution in [0.4, 0.5) is 11.4 Å². The smallest absolute Gasteiger partial charge is 0.311 e. The number of rotatable bonds is 6. The third-order valence-corrected chi connectivity index (χ3v) is 6.32. The number of nitrogens with one attached hydrogen (secondary N) is 1. The van der Waals surface area contributed by atoms with E-state index < -0.39 is 17.8 Å². The molecule has 0 bridgehead atoms. The van der Waals surface area contributed by atoms with Crippen molar-refractivity contribution < 1.29 is 19.1 Å². The first kappa shape index (κ1) is 22.0. The number of hydrogen-bond donors (Lipinski definition) is 1. The van der Waals surface area contributed by atoms with Gasteiger partial charge >= 0.3 is 5.97 Å². The third-order valence-electron chi connectivity index (χ3n) is 5.46. The zero-order valence-corrected chi connectivity index (χ0v) is 18.9. The zero-order valence-electron chi connectivity index (χ0n) is 17.3. The van der Waals surface area contributed by atoms with Crippen molar-refractivity contribution in [3.8, 4) is 0 Å².